The van der Waals surface area contributed by atoms with Gasteiger partial charge in [0.2, 0.25) is 0 Å². The van der Waals surface area contributed by atoms with Crippen molar-refractivity contribution in [1.29, 1.82) is 5.26 Å². The van der Waals surface area contributed by atoms with E-state index in [0.29, 0.717) is 5.56 Å². The van der Waals surface area contributed by atoms with E-state index in [0.717, 1.165) is 0 Å². The van der Waals surface area contributed by atoms with E-state index in [2.05, 4.69) is 4.98 Å². The molecule has 1 heterocycles. The third kappa shape index (κ3) is 1.72. The van der Waals surface area contributed by atoms with Gasteiger partial charge in [-0.05, 0) is 18.6 Å². The first-order chi connectivity index (χ1) is 6.06. The Hall–Kier alpha value is -1.70. The maximum Gasteiger partial charge on any atom is 0.282 e. The van der Waals surface area contributed by atoms with E-state index < -0.39 is 12.1 Å². The molecule has 0 fully saturated rings. The lowest BCUT2D eigenvalue weighted by molar-refractivity contribution is 0.147. The molecule has 2 N–H and O–H groups in total. The molecule has 0 saturated carbocycles. The highest BCUT2D eigenvalue weighted by molar-refractivity contribution is 5.49. The fraction of sp³-hybridized carbons (Fsp3) is 0.250. The number of aromatic nitrogens is 1. The Morgan fingerprint density at radius 2 is 2.23 bits per heavy atom. The number of nitrogens with zero attached hydrogens (tertiary/aromatic N) is 2. The number of pyridine rings is 1. The molecule has 0 radical (unpaired) electrons. The smallest absolute Gasteiger partial charge is 0.282 e. The Morgan fingerprint density at radius 3 is 2.69 bits per heavy atom. The normalized spacial score (nSPS) is 10.1. The summed E-state index contributed by atoms with van der Waals surface area (Å²) in [4.78, 5) is 3.45. The Labute approximate surface area is 73.8 Å². The van der Waals surface area contributed by atoms with Crippen molar-refractivity contribution in [2.45, 2.75) is 13.3 Å². The van der Waals surface area contributed by atoms with Crippen LogP contribution in [0.25, 0.3) is 0 Å². The molecule has 13 heavy (non-hydrogen) atoms. The monoisotopic (exact) mass is 183 g/mol. The maximum absolute atomic E-state index is 12.2. The van der Waals surface area contributed by atoms with Gasteiger partial charge in [-0.25, -0.2) is 13.8 Å². The van der Waals surface area contributed by atoms with Crippen molar-refractivity contribution in [3.63, 3.8) is 0 Å². The van der Waals surface area contributed by atoms with E-state index in [1.807, 2.05) is 0 Å². The predicted molar refractivity (Wildman–Crippen MR) is 43.1 cm³/mol. The van der Waals surface area contributed by atoms with Gasteiger partial charge in [-0.2, -0.15) is 5.26 Å². The molecule has 0 bridgehead atoms. The number of anilines is 1. The molecule has 5 heteroatoms. The number of hydrogen-bond donors (Lipinski definition) is 1. The number of nitrogens with two attached hydrogens (primary N) is 1. The number of rotatable bonds is 1. The summed E-state index contributed by atoms with van der Waals surface area (Å²) in [5, 5.41) is 8.52. The highest BCUT2D eigenvalue weighted by Crippen LogP contribution is 2.24. The number of halogens is 2. The molecule has 0 spiro atoms. The van der Waals surface area contributed by atoms with Crippen LogP contribution in [0.1, 0.15) is 23.4 Å². The van der Waals surface area contributed by atoms with E-state index in [9.17, 15) is 8.78 Å². The lowest BCUT2D eigenvalue weighted by Gasteiger charge is -2.05. The minimum absolute atomic E-state index is 0.00972. The molecule has 0 unspecified atom stereocenters. The second-order valence-corrected chi connectivity index (χ2v) is 2.54. The molecule has 0 aliphatic carbocycles. The Balaban J connectivity index is 3.33. The van der Waals surface area contributed by atoms with Crippen LogP contribution in [0.4, 0.5) is 14.5 Å². The summed E-state index contributed by atoms with van der Waals surface area (Å²) in [6.45, 7) is 1.59. The van der Waals surface area contributed by atoms with Crippen LogP contribution in [0, 0.1) is 18.3 Å². The molecule has 68 valence electrons. The average Bonchev–Trinajstić information content (AvgIpc) is 2.03. The van der Waals surface area contributed by atoms with Crippen LogP contribution in [0.3, 0.4) is 0 Å². The first-order valence-electron chi connectivity index (χ1n) is 3.51. The third-order valence-electron chi connectivity index (χ3n) is 1.59. The molecule has 0 aliphatic heterocycles. The van der Waals surface area contributed by atoms with E-state index in [4.69, 9.17) is 11.0 Å². The fourth-order valence-corrected chi connectivity index (χ4v) is 0.937. The Morgan fingerprint density at radius 1 is 1.62 bits per heavy atom. The molecule has 3 nitrogen and oxygen atoms in total. The van der Waals surface area contributed by atoms with Crippen LogP contribution >= 0.6 is 0 Å². The van der Waals surface area contributed by atoms with Gasteiger partial charge in [-0.15, -0.1) is 0 Å². The molecule has 0 amide bonds. The molecule has 1 rings (SSSR count). The van der Waals surface area contributed by atoms with Crippen molar-refractivity contribution >= 4 is 5.69 Å². The molecular weight excluding hydrogens is 176 g/mol. The predicted octanol–water partition coefficient (Wildman–Crippen LogP) is 1.78. The molecule has 0 aromatic carbocycles. The number of hydrogen-bond acceptors (Lipinski definition) is 3. The summed E-state index contributed by atoms with van der Waals surface area (Å²) >= 11 is 0. The van der Waals surface area contributed by atoms with E-state index >= 15 is 0 Å². The van der Waals surface area contributed by atoms with Crippen molar-refractivity contribution in [2.75, 3.05) is 5.73 Å². The second-order valence-electron chi connectivity index (χ2n) is 2.54. The van der Waals surface area contributed by atoms with Gasteiger partial charge in [0.15, 0.2) is 0 Å². The van der Waals surface area contributed by atoms with Gasteiger partial charge in [0.25, 0.3) is 6.43 Å². The van der Waals surface area contributed by atoms with Crippen LogP contribution in [-0.2, 0) is 0 Å². The largest absolute Gasteiger partial charge is 0.397 e. The summed E-state index contributed by atoms with van der Waals surface area (Å²) in [5.41, 5.74) is 5.19. The van der Waals surface area contributed by atoms with Gasteiger partial charge in [-0.1, -0.05) is 0 Å². The molecule has 0 atom stereocenters. The molecule has 0 aliphatic rings. The van der Waals surface area contributed by atoms with Crippen LogP contribution < -0.4 is 5.73 Å². The first kappa shape index (κ1) is 9.39. The molecular formula is C8H7F2N3. The molecule has 1 aromatic rings. The van der Waals surface area contributed by atoms with Crippen LogP contribution in [0.15, 0.2) is 6.07 Å². The minimum Gasteiger partial charge on any atom is -0.397 e. The van der Waals surface area contributed by atoms with Crippen molar-refractivity contribution < 1.29 is 8.78 Å². The van der Waals surface area contributed by atoms with E-state index in [-0.39, 0.29) is 11.4 Å². The summed E-state index contributed by atoms with van der Waals surface area (Å²) in [5.74, 6) is 0. The number of nitrogen functional groups attached to an aromatic ring is 1. The van der Waals surface area contributed by atoms with Gasteiger partial charge >= 0.3 is 0 Å². The number of aryl methyl sites for hydroxylation is 1. The SMILES string of the molecule is Cc1cc(N)c(C(F)F)nc1C#N. The van der Waals surface area contributed by atoms with Crippen molar-refractivity contribution in [1.82, 2.24) is 4.98 Å². The van der Waals surface area contributed by atoms with E-state index in [1.165, 1.54) is 6.07 Å². The standard InChI is InChI=1S/C8H7F2N3/c1-4-2-5(12)7(8(9)10)13-6(4)3-11/h2,8H,12H2,1H3. The van der Waals surface area contributed by atoms with Gasteiger partial charge in [0, 0.05) is 0 Å². The Kier molecular flexibility index (Phi) is 2.42. The van der Waals surface area contributed by atoms with Gasteiger partial charge in [-0.3, -0.25) is 0 Å². The second kappa shape index (κ2) is 3.35. The van der Waals surface area contributed by atoms with Crippen LogP contribution in [0.2, 0.25) is 0 Å². The summed E-state index contributed by atoms with van der Waals surface area (Å²) < 4.78 is 24.4. The average molecular weight is 183 g/mol. The van der Waals surface area contributed by atoms with Gasteiger partial charge in [0.1, 0.15) is 17.5 Å². The molecule has 1 aromatic heterocycles. The summed E-state index contributed by atoms with van der Waals surface area (Å²) in [6, 6.07) is 3.04. The van der Waals surface area contributed by atoms with Gasteiger partial charge < -0.3 is 5.73 Å². The number of nitriles is 1. The topological polar surface area (TPSA) is 62.7 Å². The van der Waals surface area contributed by atoms with Crippen LogP contribution in [0.5, 0.6) is 0 Å². The zero-order chi connectivity index (χ0) is 10.0. The van der Waals surface area contributed by atoms with Crippen molar-refractivity contribution in [3.8, 4) is 6.07 Å². The Bertz CT molecular complexity index is 368. The quantitative estimate of drug-likeness (QED) is 0.721. The first-order valence-corrected chi connectivity index (χ1v) is 3.51. The fourth-order valence-electron chi connectivity index (χ4n) is 0.937. The van der Waals surface area contributed by atoms with Gasteiger partial charge in [0.05, 0.1) is 5.69 Å². The van der Waals surface area contributed by atoms with Crippen LogP contribution in [-0.4, -0.2) is 4.98 Å². The highest BCUT2D eigenvalue weighted by Gasteiger charge is 2.15. The zero-order valence-corrected chi connectivity index (χ0v) is 6.88. The lowest BCUT2D eigenvalue weighted by Crippen LogP contribution is -2.02. The highest BCUT2D eigenvalue weighted by atomic mass is 19.3. The summed E-state index contributed by atoms with van der Waals surface area (Å²) in [7, 11) is 0. The molecule has 0 saturated heterocycles. The zero-order valence-electron chi connectivity index (χ0n) is 6.88. The lowest BCUT2D eigenvalue weighted by atomic mass is 10.2. The number of alkyl halides is 2. The summed E-state index contributed by atoms with van der Waals surface area (Å²) in [6.07, 6.45) is -2.74. The minimum atomic E-state index is -2.74. The maximum atomic E-state index is 12.2. The van der Waals surface area contributed by atoms with Crippen molar-refractivity contribution in [3.05, 3.63) is 23.0 Å². The third-order valence-corrected chi connectivity index (χ3v) is 1.59. The van der Waals surface area contributed by atoms with Crippen molar-refractivity contribution in [2.24, 2.45) is 0 Å². The van der Waals surface area contributed by atoms with E-state index in [1.54, 1.807) is 13.0 Å².